The van der Waals surface area contributed by atoms with Crippen molar-refractivity contribution in [1.29, 1.82) is 0 Å². The maximum atomic E-state index is 13.5. The van der Waals surface area contributed by atoms with Gasteiger partial charge in [-0.05, 0) is 50.8 Å². The summed E-state index contributed by atoms with van der Waals surface area (Å²) in [6.45, 7) is 6.17. The number of hydrogen-bond acceptors (Lipinski definition) is 4. The predicted octanol–water partition coefficient (Wildman–Crippen LogP) is 4.67. The van der Waals surface area contributed by atoms with Gasteiger partial charge in [0.05, 0.1) is 22.7 Å². The van der Waals surface area contributed by atoms with E-state index in [1.165, 1.54) is 10.4 Å². The third-order valence-corrected chi connectivity index (χ3v) is 6.71. The zero-order chi connectivity index (χ0) is 21.1. The summed E-state index contributed by atoms with van der Waals surface area (Å²) < 4.78 is 8.49. The highest BCUT2D eigenvalue weighted by Gasteiger charge is 2.31. The molecule has 0 bridgehead atoms. The summed E-state index contributed by atoms with van der Waals surface area (Å²) in [6.07, 6.45) is 2.48. The second-order valence-corrected chi connectivity index (χ2v) is 9.15. The molecular weight excluding hydrogens is 396 g/mol. The molecule has 3 heterocycles. The number of thiophene rings is 1. The van der Waals surface area contributed by atoms with Gasteiger partial charge in [0.2, 0.25) is 0 Å². The molecule has 0 aliphatic carbocycles. The molecule has 1 saturated heterocycles. The standard InChI is InChI=1S/C24H28N2O3S/c1-3-29-24(28)19-10-7-12-25(16-19)23(27)21-15-22-20(14-17(2)30-22)26(21)13-11-18-8-5-4-6-9-18/h4-6,8-9,14-15,19H,3,7,10-13,16H2,1-2H3/t19-/m1/s1. The summed E-state index contributed by atoms with van der Waals surface area (Å²) in [5, 5.41) is 0. The molecule has 1 aromatic carbocycles. The largest absolute Gasteiger partial charge is 0.466 e. The zero-order valence-corrected chi connectivity index (χ0v) is 18.4. The summed E-state index contributed by atoms with van der Waals surface area (Å²) in [4.78, 5) is 28.7. The van der Waals surface area contributed by atoms with Crippen molar-refractivity contribution in [2.24, 2.45) is 5.92 Å². The molecule has 30 heavy (non-hydrogen) atoms. The number of likely N-dealkylation sites (tertiary alicyclic amines) is 1. The first-order valence-electron chi connectivity index (χ1n) is 10.7. The van der Waals surface area contributed by atoms with Gasteiger partial charge in [0.1, 0.15) is 5.69 Å². The monoisotopic (exact) mass is 424 g/mol. The van der Waals surface area contributed by atoms with Gasteiger partial charge in [-0.15, -0.1) is 11.3 Å². The Morgan fingerprint density at radius 1 is 1.20 bits per heavy atom. The summed E-state index contributed by atoms with van der Waals surface area (Å²) in [5.74, 6) is -0.400. The van der Waals surface area contributed by atoms with E-state index in [-0.39, 0.29) is 17.8 Å². The number of nitrogens with zero attached hydrogens (tertiary/aromatic N) is 2. The van der Waals surface area contributed by atoms with Gasteiger partial charge in [-0.2, -0.15) is 0 Å². The van der Waals surface area contributed by atoms with Crippen LogP contribution in [0.15, 0.2) is 42.5 Å². The van der Waals surface area contributed by atoms with E-state index in [1.807, 2.05) is 36.1 Å². The minimum atomic E-state index is -0.223. The average Bonchev–Trinajstić information content (AvgIpc) is 3.28. The first kappa shape index (κ1) is 20.7. The van der Waals surface area contributed by atoms with Crippen molar-refractivity contribution >= 4 is 33.4 Å². The Balaban J connectivity index is 1.58. The smallest absolute Gasteiger partial charge is 0.310 e. The van der Waals surface area contributed by atoms with Crippen LogP contribution in [0.1, 0.15) is 40.7 Å². The number of aryl methyl sites for hydroxylation is 3. The van der Waals surface area contributed by atoms with Gasteiger partial charge in [0.25, 0.3) is 5.91 Å². The average molecular weight is 425 g/mol. The van der Waals surface area contributed by atoms with E-state index in [1.54, 1.807) is 11.3 Å². The lowest BCUT2D eigenvalue weighted by atomic mass is 9.98. The third-order valence-electron chi connectivity index (χ3n) is 5.73. The highest BCUT2D eigenvalue weighted by molar-refractivity contribution is 7.19. The van der Waals surface area contributed by atoms with Gasteiger partial charge >= 0.3 is 5.97 Å². The molecule has 158 valence electrons. The molecular formula is C24H28N2O3S. The molecule has 0 saturated carbocycles. The van der Waals surface area contributed by atoms with Crippen LogP contribution < -0.4 is 0 Å². The van der Waals surface area contributed by atoms with Crippen LogP contribution in [-0.4, -0.2) is 41.0 Å². The number of hydrogen-bond donors (Lipinski definition) is 0. The van der Waals surface area contributed by atoms with E-state index in [2.05, 4.69) is 29.7 Å². The normalized spacial score (nSPS) is 16.7. The molecule has 1 aliphatic heterocycles. The van der Waals surface area contributed by atoms with Crippen LogP contribution >= 0.6 is 11.3 Å². The molecule has 0 radical (unpaired) electrons. The van der Waals surface area contributed by atoms with Crippen molar-refractivity contribution in [1.82, 2.24) is 9.47 Å². The van der Waals surface area contributed by atoms with Crippen molar-refractivity contribution in [3.05, 3.63) is 58.6 Å². The van der Waals surface area contributed by atoms with E-state index < -0.39 is 0 Å². The molecule has 5 nitrogen and oxygen atoms in total. The second kappa shape index (κ2) is 9.04. The molecule has 1 atom stereocenters. The van der Waals surface area contributed by atoms with Gasteiger partial charge in [-0.1, -0.05) is 30.3 Å². The fraction of sp³-hybridized carbons (Fsp3) is 0.417. The Labute approximate surface area is 181 Å². The van der Waals surface area contributed by atoms with E-state index in [0.29, 0.717) is 19.7 Å². The Kier molecular flexibility index (Phi) is 6.23. The molecule has 4 rings (SSSR count). The lowest BCUT2D eigenvalue weighted by Crippen LogP contribution is -2.43. The lowest BCUT2D eigenvalue weighted by Gasteiger charge is -2.31. The van der Waals surface area contributed by atoms with E-state index in [9.17, 15) is 9.59 Å². The van der Waals surface area contributed by atoms with Crippen LogP contribution in [0.3, 0.4) is 0 Å². The molecule has 0 unspecified atom stereocenters. The van der Waals surface area contributed by atoms with Crippen LogP contribution in [0.2, 0.25) is 0 Å². The number of esters is 1. The molecule has 3 aromatic rings. The van der Waals surface area contributed by atoms with Crippen LogP contribution in [0.4, 0.5) is 0 Å². The summed E-state index contributed by atoms with van der Waals surface area (Å²) in [7, 11) is 0. The van der Waals surface area contributed by atoms with Gasteiger partial charge in [-0.3, -0.25) is 9.59 Å². The number of rotatable bonds is 6. The molecule has 0 N–H and O–H groups in total. The number of aromatic nitrogens is 1. The Hall–Kier alpha value is -2.60. The first-order valence-corrected chi connectivity index (χ1v) is 11.5. The minimum Gasteiger partial charge on any atom is -0.466 e. The number of amides is 1. The Morgan fingerprint density at radius 3 is 2.77 bits per heavy atom. The third kappa shape index (κ3) is 4.29. The summed E-state index contributed by atoms with van der Waals surface area (Å²) in [6, 6.07) is 14.5. The SMILES string of the molecule is CCOC(=O)[C@@H]1CCCN(C(=O)c2cc3sc(C)cc3n2CCc2ccccc2)C1. The predicted molar refractivity (Wildman–Crippen MR) is 120 cm³/mol. The fourth-order valence-corrected chi connectivity index (χ4v) is 5.21. The van der Waals surface area contributed by atoms with Crippen molar-refractivity contribution in [2.45, 2.75) is 39.7 Å². The molecule has 0 spiro atoms. The van der Waals surface area contributed by atoms with E-state index in [4.69, 9.17) is 4.74 Å². The molecule has 1 fully saturated rings. The van der Waals surface area contributed by atoms with Gasteiger partial charge in [0.15, 0.2) is 0 Å². The van der Waals surface area contributed by atoms with E-state index >= 15 is 0 Å². The number of piperidine rings is 1. The number of carbonyl (C=O) groups excluding carboxylic acids is 2. The maximum Gasteiger partial charge on any atom is 0.310 e. The van der Waals surface area contributed by atoms with Gasteiger partial charge in [-0.25, -0.2) is 0 Å². The van der Waals surface area contributed by atoms with Gasteiger partial charge in [0, 0.05) is 24.5 Å². The summed E-state index contributed by atoms with van der Waals surface area (Å²) in [5.41, 5.74) is 3.09. The number of fused-ring (bicyclic) bond motifs is 1. The first-order chi connectivity index (χ1) is 14.6. The number of ether oxygens (including phenoxy) is 1. The highest BCUT2D eigenvalue weighted by atomic mass is 32.1. The Bertz CT molecular complexity index is 1040. The van der Waals surface area contributed by atoms with Crippen LogP contribution in [0.25, 0.3) is 10.2 Å². The summed E-state index contributed by atoms with van der Waals surface area (Å²) >= 11 is 1.72. The molecule has 2 aromatic heterocycles. The topological polar surface area (TPSA) is 51.5 Å². The van der Waals surface area contributed by atoms with Crippen molar-refractivity contribution in [2.75, 3.05) is 19.7 Å². The lowest BCUT2D eigenvalue weighted by molar-refractivity contribution is -0.149. The Morgan fingerprint density at radius 2 is 2.00 bits per heavy atom. The molecule has 6 heteroatoms. The van der Waals surface area contributed by atoms with Crippen molar-refractivity contribution in [3.8, 4) is 0 Å². The number of benzene rings is 1. The van der Waals surface area contributed by atoms with E-state index in [0.717, 1.165) is 41.7 Å². The highest BCUT2D eigenvalue weighted by Crippen LogP contribution is 2.30. The van der Waals surface area contributed by atoms with Crippen LogP contribution in [-0.2, 0) is 22.5 Å². The van der Waals surface area contributed by atoms with Crippen molar-refractivity contribution in [3.63, 3.8) is 0 Å². The maximum absolute atomic E-state index is 13.5. The fourth-order valence-electron chi connectivity index (χ4n) is 4.24. The minimum absolute atomic E-state index is 0.0121. The quantitative estimate of drug-likeness (QED) is 0.541. The van der Waals surface area contributed by atoms with Crippen LogP contribution in [0, 0.1) is 12.8 Å². The number of carbonyl (C=O) groups is 2. The van der Waals surface area contributed by atoms with Crippen LogP contribution in [0.5, 0.6) is 0 Å². The van der Waals surface area contributed by atoms with Gasteiger partial charge < -0.3 is 14.2 Å². The molecule has 1 amide bonds. The zero-order valence-electron chi connectivity index (χ0n) is 17.6. The second-order valence-electron chi connectivity index (χ2n) is 7.87. The van der Waals surface area contributed by atoms with Crippen molar-refractivity contribution < 1.29 is 14.3 Å². The molecule has 1 aliphatic rings.